The van der Waals surface area contributed by atoms with Crippen LogP contribution in [0.4, 0.5) is 0 Å². The van der Waals surface area contributed by atoms with Crippen LogP contribution in [0.25, 0.3) is 0 Å². The highest BCUT2D eigenvalue weighted by Gasteiger charge is 2.10. The second-order valence-electron chi connectivity index (χ2n) is 3.32. The minimum atomic E-state index is -0.607. The van der Waals surface area contributed by atoms with E-state index in [1.54, 1.807) is 18.2 Å². The summed E-state index contributed by atoms with van der Waals surface area (Å²) in [5, 5.41) is 0. The van der Waals surface area contributed by atoms with Gasteiger partial charge in [-0.2, -0.15) is 0 Å². The van der Waals surface area contributed by atoms with E-state index in [1.807, 2.05) is 6.07 Å². The number of rotatable bonds is 3. The standard InChI is InChI=1S/C11H11IN2O4/c1-7(15)13-14-10(16)6-18-11(17)8-3-2-4-9(12)5-8/h2-5H,6H2,1H3,(H,13,15)(H,14,16). The molecule has 7 heteroatoms. The molecule has 0 heterocycles. The van der Waals surface area contributed by atoms with Crippen molar-refractivity contribution < 1.29 is 19.1 Å². The number of carbonyl (C=O) groups is 3. The van der Waals surface area contributed by atoms with E-state index in [2.05, 4.69) is 33.4 Å². The fourth-order valence-corrected chi connectivity index (χ4v) is 1.57. The normalized spacial score (nSPS) is 9.44. The zero-order valence-corrected chi connectivity index (χ0v) is 11.7. The largest absolute Gasteiger partial charge is 0.452 e. The number of esters is 1. The van der Waals surface area contributed by atoms with Crippen LogP contribution in [0.1, 0.15) is 17.3 Å². The summed E-state index contributed by atoms with van der Waals surface area (Å²) < 4.78 is 5.66. The molecule has 0 aliphatic heterocycles. The molecule has 0 radical (unpaired) electrons. The Bertz CT molecular complexity index is 476. The van der Waals surface area contributed by atoms with Gasteiger partial charge in [0.1, 0.15) is 0 Å². The summed E-state index contributed by atoms with van der Waals surface area (Å²) in [6, 6.07) is 6.79. The maximum Gasteiger partial charge on any atom is 0.338 e. The van der Waals surface area contributed by atoms with Crippen molar-refractivity contribution in [3.05, 3.63) is 33.4 Å². The quantitative estimate of drug-likeness (QED) is 0.469. The number of hydrogen-bond acceptors (Lipinski definition) is 4. The molecule has 0 saturated carbocycles. The highest BCUT2D eigenvalue weighted by molar-refractivity contribution is 14.1. The van der Waals surface area contributed by atoms with Gasteiger partial charge in [0, 0.05) is 10.5 Å². The average molecular weight is 362 g/mol. The lowest BCUT2D eigenvalue weighted by atomic mass is 10.2. The molecule has 2 N–H and O–H groups in total. The van der Waals surface area contributed by atoms with Crippen LogP contribution in [0.5, 0.6) is 0 Å². The molecule has 0 bridgehead atoms. The molecular formula is C11H11IN2O4. The number of hydrazine groups is 1. The Hall–Kier alpha value is -1.64. The minimum absolute atomic E-state index is 0.370. The lowest BCUT2D eigenvalue weighted by Gasteiger charge is -2.06. The molecule has 0 saturated heterocycles. The van der Waals surface area contributed by atoms with Gasteiger partial charge in [-0.05, 0) is 40.8 Å². The van der Waals surface area contributed by atoms with Crippen LogP contribution < -0.4 is 10.9 Å². The molecular weight excluding hydrogens is 351 g/mol. The zero-order chi connectivity index (χ0) is 13.5. The number of carbonyl (C=O) groups excluding carboxylic acids is 3. The monoisotopic (exact) mass is 362 g/mol. The van der Waals surface area contributed by atoms with Gasteiger partial charge in [0.05, 0.1) is 5.56 Å². The number of ether oxygens (including phenoxy) is 1. The fourth-order valence-electron chi connectivity index (χ4n) is 1.02. The van der Waals surface area contributed by atoms with Crippen molar-refractivity contribution in [2.24, 2.45) is 0 Å². The lowest BCUT2D eigenvalue weighted by Crippen LogP contribution is -2.42. The Morgan fingerprint density at radius 2 is 2.00 bits per heavy atom. The molecule has 18 heavy (non-hydrogen) atoms. The van der Waals surface area contributed by atoms with Crippen molar-refractivity contribution in [1.29, 1.82) is 0 Å². The molecule has 1 aromatic carbocycles. The number of halogens is 1. The summed E-state index contributed by atoms with van der Waals surface area (Å²) in [7, 11) is 0. The van der Waals surface area contributed by atoms with E-state index >= 15 is 0 Å². The molecule has 0 spiro atoms. The third-order valence-electron chi connectivity index (χ3n) is 1.77. The molecule has 0 aliphatic carbocycles. The van der Waals surface area contributed by atoms with Crippen molar-refractivity contribution in [3.63, 3.8) is 0 Å². The Morgan fingerprint density at radius 1 is 1.28 bits per heavy atom. The SMILES string of the molecule is CC(=O)NNC(=O)COC(=O)c1cccc(I)c1. The third kappa shape index (κ3) is 5.13. The minimum Gasteiger partial charge on any atom is -0.452 e. The summed E-state index contributed by atoms with van der Waals surface area (Å²) in [6.45, 7) is 0.794. The van der Waals surface area contributed by atoms with Gasteiger partial charge in [0.25, 0.3) is 5.91 Å². The van der Waals surface area contributed by atoms with Gasteiger partial charge >= 0.3 is 5.97 Å². The highest BCUT2D eigenvalue weighted by atomic mass is 127. The summed E-state index contributed by atoms with van der Waals surface area (Å²) >= 11 is 2.07. The van der Waals surface area contributed by atoms with Crippen molar-refractivity contribution in [3.8, 4) is 0 Å². The number of amides is 2. The molecule has 0 unspecified atom stereocenters. The van der Waals surface area contributed by atoms with Gasteiger partial charge in [-0.15, -0.1) is 0 Å². The predicted molar refractivity (Wildman–Crippen MR) is 71.4 cm³/mol. The second-order valence-corrected chi connectivity index (χ2v) is 4.56. The first kappa shape index (κ1) is 14.4. The van der Waals surface area contributed by atoms with Crippen LogP contribution in [0.15, 0.2) is 24.3 Å². The van der Waals surface area contributed by atoms with Gasteiger partial charge < -0.3 is 4.74 Å². The molecule has 6 nitrogen and oxygen atoms in total. The van der Waals surface area contributed by atoms with Crippen molar-refractivity contribution in [1.82, 2.24) is 10.9 Å². The Labute approximate surface area is 117 Å². The van der Waals surface area contributed by atoms with Gasteiger partial charge in [-0.3, -0.25) is 20.4 Å². The fraction of sp³-hybridized carbons (Fsp3) is 0.182. The summed E-state index contributed by atoms with van der Waals surface area (Å²) in [5.41, 5.74) is 4.54. The molecule has 0 fully saturated rings. The highest BCUT2D eigenvalue weighted by Crippen LogP contribution is 2.08. The van der Waals surface area contributed by atoms with Crippen LogP contribution in [0, 0.1) is 3.57 Å². The van der Waals surface area contributed by atoms with Gasteiger partial charge in [0.2, 0.25) is 5.91 Å². The van der Waals surface area contributed by atoms with Gasteiger partial charge in [-0.25, -0.2) is 4.79 Å². The molecule has 1 aromatic rings. The molecule has 96 valence electrons. The first-order chi connectivity index (χ1) is 8.49. The Balaban J connectivity index is 2.42. The van der Waals surface area contributed by atoms with E-state index in [-0.39, 0.29) is 0 Å². The topological polar surface area (TPSA) is 84.5 Å². The van der Waals surface area contributed by atoms with Crippen LogP contribution in [0.2, 0.25) is 0 Å². The molecule has 0 aliphatic rings. The first-order valence-electron chi connectivity index (χ1n) is 4.97. The molecule has 2 amide bonds. The van der Waals surface area contributed by atoms with Crippen LogP contribution >= 0.6 is 22.6 Å². The molecule has 0 aromatic heterocycles. The van der Waals surface area contributed by atoms with Gasteiger partial charge in [0.15, 0.2) is 6.61 Å². The number of hydrogen-bond donors (Lipinski definition) is 2. The van der Waals surface area contributed by atoms with Gasteiger partial charge in [-0.1, -0.05) is 6.07 Å². The lowest BCUT2D eigenvalue weighted by molar-refractivity contribution is -0.129. The third-order valence-corrected chi connectivity index (χ3v) is 2.44. The van der Waals surface area contributed by atoms with Crippen LogP contribution in [0.3, 0.4) is 0 Å². The average Bonchev–Trinajstić information content (AvgIpc) is 2.33. The Morgan fingerprint density at radius 3 is 2.61 bits per heavy atom. The van der Waals surface area contributed by atoms with Crippen molar-refractivity contribution in [2.45, 2.75) is 6.92 Å². The van der Waals surface area contributed by atoms with Crippen LogP contribution in [-0.2, 0) is 14.3 Å². The summed E-state index contributed by atoms with van der Waals surface area (Å²) in [6.07, 6.45) is 0. The van der Waals surface area contributed by atoms with E-state index in [4.69, 9.17) is 4.74 Å². The van der Waals surface area contributed by atoms with E-state index in [1.165, 1.54) is 6.92 Å². The predicted octanol–water partition coefficient (Wildman–Crippen LogP) is 0.615. The van der Waals surface area contributed by atoms with E-state index in [0.717, 1.165) is 3.57 Å². The Kier molecular flexibility index (Phi) is 5.56. The maximum absolute atomic E-state index is 11.5. The first-order valence-corrected chi connectivity index (χ1v) is 6.05. The molecule has 0 atom stereocenters. The smallest absolute Gasteiger partial charge is 0.338 e. The number of benzene rings is 1. The second kappa shape index (κ2) is 6.94. The van der Waals surface area contributed by atoms with Crippen molar-refractivity contribution in [2.75, 3.05) is 6.61 Å². The summed E-state index contributed by atoms with van der Waals surface area (Å²) in [5.74, 6) is -1.61. The van der Waals surface area contributed by atoms with Crippen molar-refractivity contribution >= 4 is 40.4 Å². The van der Waals surface area contributed by atoms with E-state index in [9.17, 15) is 14.4 Å². The number of nitrogens with one attached hydrogen (secondary N) is 2. The van der Waals surface area contributed by atoms with E-state index in [0.29, 0.717) is 5.56 Å². The maximum atomic E-state index is 11.5. The zero-order valence-electron chi connectivity index (χ0n) is 9.53. The van der Waals surface area contributed by atoms with Crippen LogP contribution in [-0.4, -0.2) is 24.4 Å². The molecule has 1 rings (SSSR count). The summed E-state index contributed by atoms with van der Waals surface area (Å²) in [4.78, 5) is 33.2. The van der Waals surface area contributed by atoms with E-state index < -0.39 is 24.4 Å².